The van der Waals surface area contributed by atoms with E-state index in [0.717, 1.165) is 39.6 Å². The molecule has 1 aliphatic rings. The predicted molar refractivity (Wildman–Crippen MR) is 75.7 cm³/mol. The maximum absolute atomic E-state index is 5.95. The highest BCUT2D eigenvalue weighted by molar-refractivity contribution is 9.10. The molecule has 0 spiro atoms. The molecule has 1 aromatic carbocycles. The molecule has 0 atom stereocenters. The summed E-state index contributed by atoms with van der Waals surface area (Å²) in [5.74, 6) is 0. The van der Waals surface area contributed by atoms with Gasteiger partial charge < -0.3 is 5.32 Å². The van der Waals surface area contributed by atoms with Crippen molar-refractivity contribution >= 4 is 38.9 Å². The minimum absolute atomic E-state index is 0.739. The van der Waals surface area contributed by atoms with Crippen LogP contribution in [0.5, 0.6) is 0 Å². The lowest BCUT2D eigenvalue weighted by Crippen LogP contribution is -2.22. The van der Waals surface area contributed by atoms with E-state index in [0.29, 0.717) is 0 Å². The van der Waals surface area contributed by atoms with Crippen LogP contribution in [0.15, 0.2) is 22.7 Å². The summed E-state index contributed by atoms with van der Waals surface area (Å²) in [5.41, 5.74) is 2.36. The third kappa shape index (κ3) is 2.27. The number of nitrogens with one attached hydrogen (secondary N) is 1. The van der Waals surface area contributed by atoms with Gasteiger partial charge in [-0.05, 0) is 18.2 Å². The second kappa shape index (κ2) is 4.69. The third-order valence-corrected chi connectivity index (χ3v) is 4.79. The number of benzene rings is 1. The monoisotopic (exact) mass is 328 g/mol. The lowest BCUT2D eigenvalue weighted by molar-refractivity contribution is 0.644. The van der Waals surface area contributed by atoms with Crippen LogP contribution in [0, 0.1) is 0 Å². The van der Waals surface area contributed by atoms with Crippen LogP contribution in [0.1, 0.15) is 10.6 Å². The van der Waals surface area contributed by atoms with Gasteiger partial charge in [0, 0.05) is 39.4 Å². The maximum Gasteiger partial charge on any atom is 0.125 e. The van der Waals surface area contributed by atoms with E-state index in [2.05, 4.69) is 21.2 Å². The lowest BCUT2D eigenvalue weighted by atomic mass is 10.2. The van der Waals surface area contributed by atoms with Gasteiger partial charge in [0.1, 0.15) is 5.01 Å². The molecule has 0 unspecified atom stereocenters. The number of fused-ring (bicyclic) bond motifs is 1. The van der Waals surface area contributed by atoms with Gasteiger partial charge in [-0.15, -0.1) is 11.3 Å². The molecule has 0 saturated heterocycles. The van der Waals surface area contributed by atoms with E-state index in [-0.39, 0.29) is 0 Å². The van der Waals surface area contributed by atoms with Crippen LogP contribution in [0.3, 0.4) is 0 Å². The van der Waals surface area contributed by atoms with Crippen LogP contribution in [0.2, 0.25) is 5.02 Å². The van der Waals surface area contributed by atoms with E-state index < -0.39 is 0 Å². The molecule has 88 valence electrons. The molecule has 1 aromatic heterocycles. The Morgan fingerprint density at radius 2 is 2.29 bits per heavy atom. The molecule has 17 heavy (non-hydrogen) atoms. The van der Waals surface area contributed by atoms with Crippen LogP contribution in [0.4, 0.5) is 0 Å². The zero-order chi connectivity index (χ0) is 11.8. The lowest BCUT2D eigenvalue weighted by Gasteiger charge is -2.09. The van der Waals surface area contributed by atoms with Crippen molar-refractivity contribution in [1.29, 1.82) is 0 Å². The minimum atomic E-state index is 0.739. The van der Waals surface area contributed by atoms with Crippen molar-refractivity contribution in [1.82, 2.24) is 10.3 Å². The standard InChI is InChI=1S/C12H10BrClN2S/c13-9-5-7(14)1-2-8(9)12-16-10-3-4-15-6-11(10)17-12/h1-2,5,15H,3-4,6H2. The molecule has 0 amide bonds. The molecule has 0 bridgehead atoms. The molecule has 3 rings (SSSR count). The number of rotatable bonds is 1. The highest BCUT2D eigenvalue weighted by Gasteiger charge is 2.16. The van der Waals surface area contributed by atoms with E-state index >= 15 is 0 Å². The van der Waals surface area contributed by atoms with Crippen molar-refractivity contribution in [3.05, 3.63) is 38.3 Å². The first-order valence-corrected chi connectivity index (χ1v) is 7.37. The average Bonchev–Trinajstić information content (AvgIpc) is 2.72. The second-order valence-corrected chi connectivity index (χ2v) is 6.31. The van der Waals surface area contributed by atoms with Crippen molar-refractivity contribution in [2.24, 2.45) is 0 Å². The van der Waals surface area contributed by atoms with Crippen LogP contribution >= 0.6 is 38.9 Å². The largest absolute Gasteiger partial charge is 0.311 e. The van der Waals surface area contributed by atoms with Crippen molar-refractivity contribution in [2.75, 3.05) is 6.54 Å². The van der Waals surface area contributed by atoms with Crippen molar-refractivity contribution in [3.8, 4) is 10.6 Å². The van der Waals surface area contributed by atoms with E-state index in [1.165, 1.54) is 10.6 Å². The molecular weight excluding hydrogens is 320 g/mol. The Labute approximate surface area is 117 Å². The number of thiazole rings is 1. The Hall–Kier alpha value is -0.420. The Kier molecular flexibility index (Phi) is 3.21. The van der Waals surface area contributed by atoms with Gasteiger partial charge in [0.25, 0.3) is 0 Å². The fourth-order valence-corrected chi connectivity index (χ4v) is 4.02. The van der Waals surface area contributed by atoms with Gasteiger partial charge in [-0.2, -0.15) is 0 Å². The first-order chi connectivity index (χ1) is 8.24. The quantitative estimate of drug-likeness (QED) is 0.859. The third-order valence-electron chi connectivity index (χ3n) is 2.76. The van der Waals surface area contributed by atoms with Gasteiger partial charge in [0.2, 0.25) is 0 Å². The van der Waals surface area contributed by atoms with Crippen LogP contribution in [-0.4, -0.2) is 11.5 Å². The summed E-state index contributed by atoms with van der Waals surface area (Å²) in [7, 11) is 0. The number of halogens is 2. The smallest absolute Gasteiger partial charge is 0.125 e. The zero-order valence-corrected chi connectivity index (χ0v) is 12.1. The molecular formula is C12H10BrClN2S. The van der Waals surface area contributed by atoms with Gasteiger partial charge in [-0.25, -0.2) is 4.98 Å². The Balaban J connectivity index is 2.06. The molecule has 2 aromatic rings. The van der Waals surface area contributed by atoms with E-state index in [1.54, 1.807) is 11.3 Å². The Bertz CT molecular complexity index is 544. The van der Waals surface area contributed by atoms with Crippen molar-refractivity contribution in [3.63, 3.8) is 0 Å². The highest BCUT2D eigenvalue weighted by atomic mass is 79.9. The van der Waals surface area contributed by atoms with Gasteiger partial charge in [-0.1, -0.05) is 27.5 Å². The zero-order valence-electron chi connectivity index (χ0n) is 8.96. The number of hydrogen-bond donors (Lipinski definition) is 1. The van der Waals surface area contributed by atoms with Crippen molar-refractivity contribution < 1.29 is 0 Å². The summed E-state index contributed by atoms with van der Waals surface area (Å²) >= 11 is 11.3. The summed E-state index contributed by atoms with van der Waals surface area (Å²) in [6.45, 7) is 1.97. The molecule has 0 saturated carbocycles. The first kappa shape index (κ1) is 11.7. The Morgan fingerprint density at radius 3 is 3.06 bits per heavy atom. The topological polar surface area (TPSA) is 24.9 Å². The summed E-state index contributed by atoms with van der Waals surface area (Å²) in [6, 6.07) is 5.83. The maximum atomic E-state index is 5.95. The average molecular weight is 330 g/mol. The predicted octanol–water partition coefficient (Wildman–Crippen LogP) is 3.87. The summed E-state index contributed by atoms with van der Waals surface area (Å²) in [6.07, 6.45) is 1.02. The molecule has 0 aliphatic carbocycles. The number of nitrogens with zero attached hydrogens (tertiary/aromatic N) is 1. The van der Waals surface area contributed by atoms with E-state index in [1.807, 2.05) is 18.2 Å². The molecule has 0 fully saturated rings. The SMILES string of the molecule is Clc1ccc(-c2nc3c(s2)CNCC3)c(Br)c1. The summed E-state index contributed by atoms with van der Waals surface area (Å²) < 4.78 is 1.00. The van der Waals surface area contributed by atoms with Gasteiger partial charge in [-0.3, -0.25) is 0 Å². The second-order valence-electron chi connectivity index (χ2n) is 3.94. The van der Waals surface area contributed by atoms with E-state index in [9.17, 15) is 0 Å². The fourth-order valence-electron chi connectivity index (χ4n) is 1.90. The first-order valence-electron chi connectivity index (χ1n) is 5.39. The molecule has 2 nitrogen and oxygen atoms in total. The molecule has 5 heteroatoms. The van der Waals surface area contributed by atoms with Crippen LogP contribution < -0.4 is 5.32 Å². The Morgan fingerprint density at radius 1 is 1.41 bits per heavy atom. The van der Waals surface area contributed by atoms with Crippen molar-refractivity contribution in [2.45, 2.75) is 13.0 Å². The molecule has 1 N–H and O–H groups in total. The molecule has 2 heterocycles. The number of aromatic nitrogens is 1. The number of hydrogen-bond acceptors (Lipinski definition) is 3. The van der Waals surface area contributed by atoms with Gasteiger partial charge >= 0.3 is 0 Å². The molecule has 1 aliphatic heterocycles. The van der Waals surface area contributed by atoms with Gasteiger partial charge in [0.15, 0.2) is 0 Å². The van der Waals surface area contributed by atoms with E-state index in [4.69, 9.17) is 16.6 Å². The minimum Gasteiger partial charge on any atom is -0.311 e. The summed E-state index contributed by atoms with van der Waals surface area (Å²) in [5, 5.41) is 5.18. The molecule has 0 radical (unpaired) electrons. The fraction of sp³-hybridized carbons (Fsp3) is 0.250. The van der Waals surface area contributed by atoms with Crippen LogP contribution in [0.25, 0.3) is 10.6 Å². The van der Waals surface area contributed by atoms with Gasteiger partial charge in [0.05, 0.1) is 5.69 Å². The highest BCUT2D eigenvalue weighted by Crippen LogP contribution is 2.35. The van der Waals surface area contributed by atoms with Crippen LogP contribution in [-0.2, 0) is 13.0 Å². The normalized spacial score (nSPS) is 14.7. The summed E-state index contributed by atoms with van der Waals surface area (Å²) in [4.78, 5) is 6.07.